The molecule has 0 unspecified atom stereocenters. The molecule has 0 aromatic carbocycles. The highest BCUT2D eigenvalue weighted by Crippen LogP contribution is 2.32. The van der Waals surface area contributed by atoms with Crippen LogP contribution < -0.4 is 15.4 Å². The van der Waals surface area contributed by atoms with Crippen LogP contribution in [-0.4, -0.2) is 36.4 Å². The Morgan fingerprint density at radius 3 is 2.88 bits per heavy atom. The first kappa shape index (κ1) is 11.0. The summed E-state index contributed by atoms with van der Waals surface area (Å²) >= 11 is 0. The monoisotopic (exact) mass is 223 g/mol. The average Bonchev–Trinajstić information content (AvgIpc) is 3.11. The van der Waals surface area contributed by atoms with E-state index < -0.39 is 0 Å². The second-order valence-electron chi connectivity index (χ2n) is 3.92. The maximum atomic E-state index is 9.03. The minimum absolute atomic E-state index is 0.130. The summed E-state index contributed by atoms with van der Waals surface area (Å²) in [6, 6.07) is 4.16. The van der Waals surface area contributed by atoms with Crippen LogP contribution in [0.4, 0.5) is 11.5 Å². The predicted molar refractivity (Wildman–Crippen MR) is 62.7 cm³/mol. The molecule has 16 heavy (non-hydrogen) atoms. The highest BCUT2D eigenvalue weighted by Gasteiger charge is 2.29. The molecular formula is C11H17N3O2. The Kier molecular flexibility index (Phi) is 3.14. The number of nitrogens with two attached hydrogens (primary N) is 1. The number of aromatic nitrogens is 1. The first-order valence-corrected chi connectivity index (χ1v) is 5.44. The van der Waals surface area contributed by atoms with Crippen molar-refractivity contribution in [2.24, 2.45) is 0 Å². The first-order chi connectivity index (χ1) is 7.76. The van der Waals surface area contributed by atoms with E-state index in [0.29, 0.717) is 24.2 Å². The van der Waals surface area contributed by atoms with Gasteiger partial charge in [-0.2, -0.15) is 4.98 Å². The van der Waals surface area contributed by atoms with Crippen molar-refractivity contribution in [1.29, 1.82) is 0 Å². The Hall–Kier alpha value is -1.49. The van der Waals surface area contributed by atoms with Crippen LogP contribution in [0.2, 0.25) is 0 Å². The molecule has 1 aliphatic rings. The van der Waals surface area contributed by atoms with E-state index in [4.69, 9.17) is 15.6 Å². The zero-order valence-corrected chi connectivity index (χ0v) is 9.39. The molecule has 0 saturated heterocycles. The number of aliphatic hydroxyl groups excluding tert-OH is 1. The number of aliphatic hydroxyl groups is 1. The van der Waals surface area contributed by atoms with Gasteiger partial charge >= 0.3 is 0 Å². The van der Waals surface area contributed by atoms with Crippen molar-refractivity contribution in [3.63, 3.8) is 0 Å². The van der Waals surface area contributed by atoms with Crippen molar-refractivity contribution in [3.05, 3.63) is 12.1 Å². The molecule has 1 heterocycles. The van der Waals surface area contributed by atoms with Crippen LogP contribution in [-0.2, 0) is 0 Å². The van der Waals surface area contributed by atoms with E-state index in [9.17, 15) is 0 Å². The van der Waals surface area contributed by atoms with E-state index in [0.717, 1.165) is 18.7 Å². The van der Waals surface area contributed by atoms with Crippen molar-refractivity contribution < 1.29 is 9.84 Å². The molecule has 88 valence electrons. The normalized spacial score (nSPS) is 14.9. The highest BCUT2D eigenvalue weighted by molar-refractivity contribution is 5.55. The third-order valence-corrected chi connectivity index (χ3v) is 2.69. The molecular weight excluding hydrogens is 206 g/mol. The van der Waals surface area contributed by atoms with Gasteiger partial charge in [0.1, 0.15) is 5.82 Å². The molecule has 0 spiro atoms. The van der Waals surface area contributed by atoms with E-state index in [2.05, 4.69) is 9.88 Å². The van der Waals surface area contributed by atoms with Gasteiger partial charge in [-0.05, 0) is 25.0 Å². The fourth-order valence-corrected chi connectivity index (χ4v) is 1.74. The minimum Gasteiger partial charge on any atom is -0.479 e. The van der Waals surface area contributed by atoms with Crippen LogP contribution in [0.3, 0.4) is 0 Å². The molecule has 1 aliphatic carbocycles. The number of methoxy groups -OCH3 is 1. The molecule has 2 rings (SSSR count). The number of pyridine rings is 1. The smallest absolute Gasteiger partial charge is 0.238 e. The molecule has 5 nitrogen and oxygen atoms in total. The van der Waals surface area contributed by atoms with Gasteiger partial charge in [0.15, 0.2) is 0 Å². The van der Waals surface area contributed by atoms with E-state index in [1.54, 1.807) is 13.2 Å². The predicted octanol–water partition coefficient (Wildman–Crippen LogP) is 0.633. The van der Waals surface area contributed by atoms with Gasteiger partial charge in [0, 0.05) is 12.6 Å². The van der Waals surface area contributed by atoms with Crippen LogP contribution in [0.15, 0.2) is 12.1 Å². The third kappa shape index (κ3) is 2.19. The zero-order chi connectivity index (χ0) is 11.5. The summed E-state index contributed by atoms with van der Waals surface area (Å²) in [4.78, 5) is 6.44. The van der Waals surface area contributed by atoms with E-state index in [1.165, 1.54) is 0 Å². The molecule has 1 aromatic rings. The SMILES string of the molecule is COc1nc(N(CCO)C2CC2)ccc1N. The van der Waals surface area contributed by atoms with Crippen LogP contribution in [0.5, 0.6) is 5.88 Å². The van der Waals surface area contributed by atoms with Gasteiger partial charge in [0.2, 0.25) is 5.88 Å². The summed E-state index contributed by atoms with van der Waals surface area (Å²) in [5.74, 6) is 1.27. The van der Waals surface area contributed by atoms with Gasteiger partial charge < -0.3 is 20.5 Å². The number of hydrogen-bond donors (Lipinski definition) is 2. The lowest BCUT2D eigenvalue weighted by Crippen LogP contribution is -2.29. The molecule has 0 amide bonds. The van der Waals surface area contributed by atoms with Gasteiger partial charge in [-0.15, -0.1) is 0 Å². The Labute approximate surface area is 94.8 Å². The standard InChI is InChI=1S/C11H17N3O2/c1-16-11-9(12)4-5-10(13-11)14(6-7-15)8-2-3-8/h4-5,8,15H,2-3,6-7,12H2,1H3. The summed E-state index contributed by atoms with van der Waals surface area (Å²) in [6.07, 6.45) is 2.32. The number of nitrogens with zero attached hydrogens (tertiary/aromatic N) is 2. The zero-order valence-electron chi connectivity index (χ0n) is 9.39. The van der Waals surface area contributed by atoms with E-state index in [1.807, 2.05) is 6.07 Å². The average molecular weight is 223 g/mol. The number of nitrogen functional groups attached to an aromatic ring is 1. The van der Waals surface area contributed by atoms with E-state index >= 15 is 0 Å². The van der Waals surface area contributed by atoms with E-state index in [-0.39, 0.29) is 6.61 Å². The number of hydrogen-bond acceptors (Lipinski definition) is 5. The molecule has 0 aliphatic heterocycles. The van der Waals surface area contributed by atoms with Crippen molar-refractivity contribution >= 4 is 11.5 Å². The lowest BCUT2D eigenvalue weighted by atomic mass is 10.3. The summed E-state index contributed by atoms with van der Waals surface area (Å²) in [5, 5.41) is 9.03. The highest BCUT2D eigenvalue weighted by atomic mass is 16.5. The topological polar surface area (TPSA) is 71.6 Å². The van der Waals surface area contributed by atoms with Gasteiger partial charge in [-0.3, -0.25) is 0 Å². The maximum absolute atomic E-state index is 9.03. The Balaban J connectivity index is 2.23. The van der Waals surface area contributed by atoms with Gasteiger partial charge in [0.05, 0.1) is 19.4 Å². The third-order valence-electron chi connectivity index (χ3n) is 2.69. The summed E-state index contributed by atoms with van der Waals surface area (Å²) in [7, 11) is 1.55. The first-order valence-electron chi connectivity index (χ1n) is 5.44. The molecule has 1 fully saturated rings. The lowest BCUT2D eigenvalue weighted by Gasteiger charge is -2.22. The minimum atomic E-state index is 0.130. The number of anilines is 2. The second kappa shape index (κ2) is 4.57. The molecule has 1 saturated carbocycles. The summed E-state index contributed by atoms with van der Waals surface area (Å²) in [6.45, 7) is 0.732. The Morgan fingerprint density at radius 1 is 1.56 bits per heavy atom. The fourth-order valence-electron chi connectivity index (χ4n) is 1.74. The van der Waals surface area contributed by atoms with Crippen LogP contribution in [0, 0.1) is 0 Å². The summed E-state index contributed by atoms with van der Waals surface area (Å²) < 4.78 is 5.09. The van der Waals surface area contributed by atoms with Crippen LogP contribution >= 0.6 is 0 Å². The van der Waals surface area contributed by atoms with Crippen molar-refractivity contribution in [2.45, 2.75) is 18.9 Å². The number of ether oxygens (including phenoxy) is 1. The second-order valence-corrected chi connectivity index (χ2v) is 3.92. The molecule has 0 atom stereocenters. The summed E-state index contributed by atoms with van der Waals surface area (Å²) in [5.41, 5.74) is 6.24. The largest absolute Gasteiger partial charge is 0.479 e. The van der Waals surface area contributed by atoms with Crippen LogP contribution in [0.1, 0.15) is 12.8 Å². The van der Waals surface area contributed by atoms with Crippen molar-refractivity contribution in [3.8, 4) is 5.88 Å². The maximum Gasteiger partial charge on any atom is 0.238 e. The fraction of sp³-hybridized carbons (Fsp3) is 0.545. The van der Waals surface area contributed by atoms with Crippen molar-refractivity contribution in [1.82, 2.24) is 4.98 Å². The molecule has 5 heteroatoms. The lowest BCUT2D eigenvalue weighted by molar-refractivity contribution is 0.301. The quantitative estimate of drug-likeness (QED) is 0.766. The molecule has 3 N–H and O–H groups in total. The van der Waals surface area contributed by atoms with Gasteiger partial charge in [-0.25, -0.2) is 0 Å². The molecule has 0 radical (unpaired) electrons. The van der Waals surface area contributed by atoms with Gasteiger partial charge in [0.25, 0.3) is 0 Å². The number of rotatable bonds is 5. The Morgan fingerprint density at radius 2 is 2.31 bits per heavy atom. The van der Waals surface area contributed by atoms with Gasteiger partial charge in [-0.1, -0.05) is 0 Å². The molecule has 1 aromatic heterocycles. The Bertz CT molecular complexity index is 366. The van der Waals surface area contributed by atoms with Crippen LogP contribution in [0.25, 0.3) is 0 Å². The molecule has 0 bridgehead atoms. The van der Waals surface area contributed by atoms with Crippen molar-refractivity contribution in [2.75, 3.05) is 30.9 Å².